The molecule has 2 N–H and O–H groups in total. The van der Waals surface area contributed by atoms with Gasteiger partial charge in [0.15, 0.2) is 5.75 Å². The fourth-order valence-corrected chi connectivity index (χ4v) is 2.66. The van der Waals surface area contributed by atoms with Gasteiger partial charge in [-0.25, -0.2) is 0 Å². The summed E-state index contributed by atoms with van der Waals surface area (Å²) >= 11 is 6.08. The van der Waals surface area contributed by atoms with E-state index in [4.69, 9.17) is 16.3 Å². The number of ether oxygens (including phenoxy) is 1. The molecule has 1 saturated heterocycles. The molecule has 23 heavy (non-hydrogen) atoms. The number of nitrogens with one attached hydrogen (secondary N) is 2. The summed E-state index contributed by atoms with van der Waals surface area (Å²) in [6.07, 6.45) is 2.08. The number of anilines is 1. The second kappa shape index (κ2) is 8.62. The van der Waals surface area contributed by atoms with Crippen LogP contribution in [0.5, 0.6) is 5.75 Å². The highest BCUT2D eigenvalue weighted by Crippen LogP contribution is 2.32. The Morgan fingerprint density at radius 3 is 2.70 bits per heavy atom. The third-order valence-electron chi connectivity index (χ3n) is 3.59. The molecule has 0 aliphatic carbocycles. The van der Waals surface area contributed by atoms with E-state index in [1.165, 1.54) is 0 Å². The van der Waals surface area contributed by atoms with Gasteiger partial charge in [0.1, 0.15) is 0 Å². The first kappa shape index (κ1) is 17.4. The van der Waals surface area contributed by atoms with Crippen molar-refractivity contribution in [2.75, 3.05) is 38.1 Å². The average Bonchev–Trinajstić information content (AvgIpc) is 3.08. The SMILES string of the molecule is CCOc1c(Cl)cccc1NCC(=O)NCC(=O)N1CCCC1. The zero-order valence-electron chi connectivity index (χ0n) is 13.2. The topological polar surface area (TPSA) is 70.7 Å². The van der Waals surface area contributed by atoms with Crippen molar-refractivity contribution in [3.63, 3.8) is 0 Å². The van der Waals surface area contributed by atoms with Gasteiger partial charge in [0.2, 0.25) is 11.8 Å². The molecule has 1 aliphatic heterocycles. The lowest BCUT2D eigenvalue weighted by Gasteiger charge is -2.16. The second-order valence-corrected chi connectivity index (χ2v) is 5.67. The predicted octanol–water partition coefficient (Wildman–Crippen LogP) is 1.89. The normalized spacial score (nSPS) is 13.7. The van der Waals surface area contributed by atoms with Gasteiger partial charge in [-0.3, -0.25) is 9.59 Å². The van der Waals surface area contributed by atoms with Crippen LogP contribution in [0.3, 0.4) is 0 Å². The Bertz CT molecular complexity index is 560. The molecule has 0 spiro atoms. The van der Waals surface area contributed by atoms with Gasteiger partial charge in [-0.1, -0.05) is 17.7 Å². The van der Waals surface area contributed by atoms with Crippen molar-refractivity contribution in [1.29, 1.82) is 0 Å². The molecule has 6 nitrogen and oxygen atoms in total. The summed E-state index contributed by atoms with van der Waals surface area (Å²) in [5.41, 5.74) is 0.653. The lowest BCUT2D eigenvalue weighted by Crippen LogP contribution is -2.40. The van der Waals surface area contributed by atoms with Crippen molar-refractivity contribution in [1.82, 2.24) is 10.2 Å². The van der Waals surface area contributed by atoms with E-state index >= 15 is 0 Å². The first-order valence-corrected chi connectivity index (χ1v) is 8.19. The van der Waals surface area contributed by atoms with Crippen LogP contribution in [-0.4, -0.2) is 49.5 Å². The van der Waals surface area contributed by atoms with Crippen LogP contribution in [0.15, 0.2) is 18.2 Å². The van der Waals surface area contributed by atoms with Crippen LogP contribution in [-0.2, 0) is 9.59 Å². The number of para-hydroxylation sites is 1. The molecule has 2 amide bonds. The van der Waals surface area contributed by atoms with Crippen molar-refractivity contribution < 1.29 is 14.3 Å². The monoisotopic (exact) mass is 339 g/mol. The van der Waals surface area contributed by atoms with Crippen LogP contribution >= 0.6 is 11.6 Å². The molecule has 0 bridgehead atoms. The largest absolute Gasteiger partial charge is 0.490 e. The molecule has 126 valence electrons. The molecule has 7 heteroatoms. The number of carbonyl (C=O) groups is 2. The van der Waals surface area contributed by atoms with Crippen molar-refractivity contribution >= 4 is 29.1 Å². The van der Waals surface area contributed by atoms with Crippen LogP contribution in [0.1, 0.15) is 19.8 Å². The van der Waals surface area contributed by atoms with Gasteiger partial charge in [-0.15, -0.1) is 0 Å². The number of amides is 2. The zero-order chi connectivity index (χ0) is 16.7. The van der Waals surface area contributed by atoms with E-state index in [1.54, 1.807) is 23.1 Å². The van der Waals surface area contributed by atoms with Crippen LogP contribution in [0.25, 0.3) is 0 Å². The van der Waals surface area contributed by atoms with Gasteiger partial charge in [0, 0.05) is 13.1 Å². The standard InChI is InChI=1S/C16H22ClN3O3/c1-2-23-16-12(17)6-5-7-13(16)18-10-14(21)19-11-15(22)20-8-3-4-9-20/h5-7,18H,2-4,8-11H2,1H3,(H,19,21). The first-order valence-electron chi connectivity index (χ1n) is 7.81. The number of nitrogens with zero attached hydrogens (tertiary/aromatic N) is 1. The summed E-state index contributed by atoms with van der Waals surface area (Å²) in [5, 5.41) is 6.10. The van der Waals surface area contributed by atoms with Gasteiger partial charge in [-0.05, 0) is 31.9 Å². The molecule has 0 aromatic heterocycles. The van der Waals surface area contributed by atoms with Gasteiger partial charge in [-0.2, -0.15) is 0 Å². The minimum absolute atomic E-state index is 0.0337. The Morgan fingerprint density at radius 1 is 1.26 bits per heavy atom. The number of rotatable bonds is 7. The predicted molar refractivity (Wildman–Crippen MR) is 89.9 cm³/mol. The Labute approximate surface area is 141 Å². The van der Waals surface area contributed by atoms with Gasteiger partial charge in [0.05, 0.1) is 30.4 Å². The van der Waals surface area contributed by atoms with E-state index in [0.29, 0.717) is 23.1 Å². The van der Waals surface area contributed by atoms with Crippen molar-refractivity contribution in [2.24, 2.45) is 0 Å². The van der Waals surface area contributed by atoms with Crippen molar-refractivity contribution in [3.05, 3.63) is 23.2 Å². The highest BCUT2D eigenvalue weighted by molar-refractivity contribution is 6.32. The molecular formula is C16H22ClN3O3. The highest BCUT2D eigenvalue weighted by atomic mass is 35.5. The molecule has 2 rings (SSSR count). The van der Waals surface area contributed by atoms with E-state index < -0.39 is 0 Å². The third-order valence-corrected chi connectivity index (χ3v) is 3.89. The maximum atomic E-state index is 11.9. The van der Waals surface area contributed by atoms with Gasteiger partial charge in [0.25, 0.3) is 0 Å². The van der Waals surface area contributed by atoms with Crippen LogP contribution in [0, 0.1) is 0 Å². The van der Waals surface area contributed by atoms with Gasteiger partial charge >= 0.3 is 0 Å². The lowest BCUT2D eigenvalue weighted by molar-refractivity contribution is -0.131. The number of hydrogen-bond donors (Lipinski definition) is 2. The molecule has 1 fully saturated rings. The van der Waals surface area contributed by atoms with E-state index in [-0.39, 0.29) is 24.9 Å². The smallest absolute Gasteiger partial charge is 0.241 e. The minimum atomic E-state index is -0.250. The number of carbonyl (C=O) groups excluding carboxylic acids is 2. The summed E-state index contributed by atoms with van der Waals surface area (Å²) in [6, 6.07) is 5.30. The number of halogens is 1. The third kappa shape index (κ3) is 5.03. The average molecular weight is 340 g/mol. The highest BCUT2D eigenvalue weighted by Gasteiger charge is 2.18. The van der Waals surface area contributed by atoms with E-state index in [9.17, 15) is 9.59 Å². The Balaban J connectivity index is 1.80. The Kier molecular flexibility index (Phi) is 6.52. The minimum Gasteiger partial charge on any atom is -0.490 e. The fourth-order valence-electron chi connectivity index (χ4n) is 2.43. The van der Waals surface area contributed by atoms with Crippen LogP contribution in [0.4, 0.5) is 5.69 Å². The zero-order valence-corrected chi connectivity index (χ0v) is 14.0. The molecule has 1 aromatic rings. The quantitative estimate of drug-likeness (QED) is 0.796. The molecule has 0 atom stereocenters. The summed E-state index contributed by atoms with van der Waals surface area (Å²) in [4.78, 5) is 25.5. The number of likely N-dealkylation sites (tertiary alicyclic amines) is 1. The molecule has 1 aliphatic rings. The first-order chi connectivity index (χ1) is 11.1. The summed E-state index contributed by atoms with van der Waals surface area (Å²) < 4.78 is 5.48. The summed E-state index contributed by atoms with van der Waals surface area (Å²) in [5.74, 6) is 0.242. The van der Waals surface area contributed by atoms with Crippen LogP contribution in [0.2, 0.25) is 5.02 Å². The van der Waals surface area contributed by atoms with E-state index in [0.717, 1.165) is 25.9 Å². The molecule has 1 heterocycles. The molecule has 1 aromatic carbocycles. The lowest BCUT2D eigenvalue weighted by atomic mass is 10.3. The van der Waals surface area contributed by atoms with Crippen molar-refractivity contribution in [2.45, 2.75) is 19.8 Å². The number of hydrogen-bond acceptors (Lipinski definition) is 4. The molecule has 0 radical (unpaired) electrons. The summed E-state index contributed by atoms with van der Waals surface area (Å²) in [6.45, 7) is 4.00. The second-order valence-electron chi connectivity index (χ2n) is 5.27. The number of benzene rings is 1. The molecular weight excluding hydrogens is 318 g/mol. The van der Waals surface area contributed by atoms with E-state index in [2.05, 4.69) is 10.6 Å². The fraction of sp³-hybridized carbons (Fsp3) is 0.500. The molecule has 0 unspecified atom stereocenters. The Morgan fingerprint density at radius 2 is 2.00 bits per heavy atom. The Hall–Kier alpha value is -1.95. The maximum absolute atomic E-state index is 11.9. The summed E-state index contributed by atoms with van der Waals surface area (Å²) in [7, 11) is 0. The maximum Gasteiger partial charge on any atom is 0.241 e. The van der Waals surface area contributed by atoms with Crippen molar-refractivity contribution in [3.8, 4) is 5.75 Å². The molecule has 0 saturated carbocycles. The van der Waals surface area contributed by atoms with Crippen LogP contribution < -0.4 is 15.4 Å². The van der Waals surface area contributed by atoms with Gasteiger partial charge < -0.3 is 20.3 Å². The van der Waals surface area contributed by atoms with E-state index in [1.807, 2.05) is 6.92 Å².